The molecule has 0 spiro atoms. The summed E-state index contributed by atoms with van der Waals surface area (Å²) in [7, 11) is -0.137. The largest absolute Gasteiger partial charge is 0.519 e. The number of rotatable bonds is 8. The van der Waals surface area contributed by atoms with Crippen molar-refractivity contribution in [1.82, 2.24) is 24.2 Å². The monoisotopic (exact) mass is 526 g/mol. The van der Waals surface area contributed by atoms with Crippen LogP contribution in [0.2, 0.25) is 0 Å². The van der Waals surface area contributed by atoms with Gasteiger partial charge >= 0.3 is 10.3 Å². The average Bonchev–Trinajstić information content (AvgIpc) is 3.21. The van der Waals surface area contributed by atoms with E-state index >= 15 is 0 Å². The molecule has 2 aromatic heterocycles. The fraction of sp³-hybridized carbons (Fsp3) is 0.455. The van der Waals surface area contributed by atoms with Crippen LogP contribution >= 0.6 is 18.9 Å². The molecule has 0 bridgehead atoms. The van der Waals surface area contributed by atoms with Gasteiger partial charge in [0.25, 0.3) is 0 Å². The molecule has 3 heterocycles. The summed E-state index contributed by atoms with van der Waals surface area (Å²) in [6.07, 6.45) is 0.682. The molecule has 6 atom stereocenters. The third-order valence-corrected chi connectivity index (χ3v) is 5.22. The third-order valence-electron chi connectivity index (χ3n) is 3.82. The van der Waals surface area contributed by atoms with E-state index in [0.717, 1.165) is 6.41 Å². The fourth-order valence-corrected chi connectivity index (χ4v) is 3.76. The molecule has 0 saturated carbocycles. The van der Waals surface area contributed by atoms with Crippen LogP contribution in [-0.2, 0) is 65.8 Å². The van der Waals surface area contributed by atoms with Gasteiger partial charge < -0.3 is 29.0 Å². The van der Waals surface area contributed by atoms with E-state index in [-0.39, 0.29) is 38.5 Å². The minimum Gasteiger partial charge on any atom is -0.519 e. The van der Waals surface area contributed by atoms with E-state index in [9.17, 15) is 13.2 Å². The van der Waals surface area contributed by atoms with E-state index in [1.807, 2.05) is 0 Å². The van der Waals surface area contributed by atoms with E-state index in [4.69, 9.17) is 23.7 Å². The molecular formula is C11H15N6O7P2SY-. The Morgan fingerprint density at radius 2 is 2.00 bits per heavy atom. The summed E-state index contributed by atoms with van der Waals surface area (Å²) in [6.45, 7) is -0.444. The van der Waals surface area contributed by atoms with Crippen molar-refractivity contribution in [3.8, 4) is 0 Å². The average molecular weight is 526 g/mol. The van der Waals surface area contributed by atoms with Crippen LogP contribution in [0.1, 0.15) is 6.23 Å². The molecule has 1 aliphatic rings. The van der Waals surface area contributed by atoms with Crippen molar-refractivity contribution in [2.24, 2.45) is 0 Å². The van der Waals surface area contributed by atoms with Gasteiger partial charge in [0.15, 0.2) is 17.7 Å². The number of nitrogens with zero attached hydrogens (tertiary/aromatic N) is 4. The van der Waals surface area contributed by atoms with Gasteiger partial charge in [-0.25, -0.2) is 15.0 Å². The summed E-state index contributed by atoms with van der Waals surface area (Å²) in [4.78, 5) is 22.4. The predicted octanol–water partition coefficient (Wildman–Crippen LogP) is -1.43. The maximum absolute atomic E-state index is 11.5. The summed E-state index contributed by atoms with van der Waals surface area (Å²) < 4.78 is 47.2. The van der Waals surface area contributed by atoms with Gasteiger partial charge in [0.05, 0.1) is 12.9 Å². The number of imidazole rings is 1. The van der Waals surface area contributed by atoms with Gasteiger partial charge in [0.2, 0.25) is 0 Å². The number of nitrogens with two attached hydrogens (primary N) is 1. The van der Waals surface area contributed by atoms with E-state index in [1.165, 1.54) is 17.4 Å². The molecule has 151 valence electrons. The number of carbonyl (C=O) groups excluding carboxylic acids is 1. The summed E-state index contributed by atoms with van der Waals surface area (Å²) in [5, 5.41) is 0. The molecule has 3 rings (SSSR count). The van der Waals surface area contributed by atoms with Crippen LogP contribution in [0.3, 0.4) is 0 Å². The maximum Gasteiger partial charge on any atom is 0.331 e. The predicted molar refractivity (Wildman–Crippen MR) is 96.5 cm³/mol. The maximum atomic E-state index is 11.5. The molecule has 2 aromatic rings. The Morgan fingerprint density at radius 3 is 2.64 bits per heavy atom. The Hall–Kier alpha value is -0.426. The molecule has 28 heavy (non-hydrogen) atoms. The van der Waals surface area contributed by atoms with Gasteiger partial charge in [-0.05, 0) is 0 Å². The number of hydrogen-bond acceptors (Lipinski definition) is 11. The number of hydrogen-bond donors (Lipinski definition) is 2. The molecule has 1 aliphatic heterocycles. The van der Waals surface area contributed by atoms with Gasteiger partial charge in [0, 0.05) is 51.6 Å². The van der Waals surface area contributed by atoms with Crippen molar-refractivity contribution in [3.05, 3.63) is 12.7 Å². The van der Waals surface area contributed by atoms with Gasteiger partial charge in [-0.3, -0.25) is 8.75 Å². The van der Waals surface area contributed by atoms with Gasteiger partial charge in [0.1, 0.15) is 30.2 Å². The third kappa shape index (κ3) is 4.83. The molecule has 0 aromatic carbocycles. The molecule has 1 amide bonds. The molecule has 3 N–H and O–H groups in total. The number of ether oxygens (including phenoxy) is 1. The molecule has 1 radical (unpaired) electrons. The Bertz CT molecular complexity index is 933. The van der Waals surface area contributed by atoms with Crippen LogP contribution in [0.5, 0.6) is 0 Å². The van der Waals surface area contributed by atoms with Gasteiger partial charge in [-0.15, -0.1) is 6.41 Å². The summed E-state index contributed by atoms with van der Waals surface area (Å²) in [5.74, 6) is 0.195. The summed E-state index contributed by atoms with van der Waals surface area (Å²) in [5.41, 5.74) is 6.56. The van der Waals surface area contributed by atoms with Crippen molar-refractivity contribution < 1.29 is 63.9 Å². The normalized spacial score (nSPS) is 24.8. The second-order valence-corrected chi connectivity index (χ2v) is 7.18. The van der Waals surface area contributed by atoms with Crippen molar-refractivity contribution in [2.75, 3.05) is 12.3 Å². The van der Waals surface area contributed by atoms with E-state index < -0.39 is 41.5 Å². The smallest absolute Gasteiger partial charge is 0.331 e. The second-order valence-electron chi connectivity index (χ2n) is 5.29. The van der Waals surface area contributed by atoms with Crippen LogP contribution in [0.4, 0.5) is 5.82 Å². The zero-order valence-corrected chi connectivity index (χ0v) is 20.0. The fourth-order valence-electron chi connectivity index (χ4n) is 2.67. The number of nitrogen functional groups attached to an aromatic ring is 1. The quantitative estimate of drug-likeness (QED) is 0.235. The summed E-state index contributed by atoms with van der Waals surface area (Å²) >= 11 is 0. The summed E-state index contributed by atoms with van der Waals surface area (Å²) in [6, 6.07) is 0. The number of anilines is 1. The van der Waals surface area contributed by atoms with Crippen molar-refractivity contribution in [2.45, 2.75) is 24.5 Å². The van der Waals surface area contributed by atoms with Crippen LogP contribution in [0.25, 0.3) is 11.2 Å². The van der Waals surface area contributed by atoms with Crippen molar-refractivity contribution >= 4 is 52.6 Å². The number of nitrogens with one attached hydrogen (secondary N) is 1. The second kappa shape index (κ2) is 10.1. The Kier molecular flexibility index (Phi) is 8.56. The zero-order valence-electron chi connectivity index (χ0n) is 14.0. The first-order chi connectivity index (χ1) is 12.9. The first kappa shape index (κ1) is 23.8. The Balaban J connectivity index is 0.00000280. The molecule has 13 nitrogen and oxygen atoms in total. The Morgan fingerprint density at radius 1 is 1.29 bits per heavy atom. The van der Waals surface area contributed by atoms with Crippen LogP contribution < -0.4 is 10.5 Å². The van der Waals surface area contributed by atoms with E-state index in [2.05, 4.69) is 33.9 Å². The van der Waals surface area contributed by atoms with E-state index in [0.29, 0.717) is 11.2 Å². The van der Waals surface area contributed by atoms with Gasteiger partial charge in [-0.2, -0.15) is 8.42 Å². The van der Waals surface area contributed by atoms with Crippen LogP contribution in [0, 0.1) is 0 Å². The SMILES string of the molecule is Nc1ncnc2c1ncn2[C@@H]1O[C@H](COS(=O)(=O)N[C-]=O)[C@@H](OP)[C@H]1OP.[Y]. The topological polar surface area (TPSA) is 170 Å². The number of amides is 1. The first-order valence-corrected chi connectivity index (χ1v) is 9.59. The molecule has 17 heteroatoms. The molecular weight excluding hydrogens is 511 g/mol. The van der Waals surface area contributed by atoms with Crippen LogP contribution in [-0.4, -0.2) is 59.3 Å². The zero-order chi connectivity index (χ0) is 19.6. The number of fused-ring (bicyclic) bond motifs is 1. The molecule has 2 unspecified atom stereocenters. The Labute approximate surface area is 189 Å². The van der Waals surface area contributed by atoms with Crippen LogP contribution in [0.15, 0.2) is 12.7 Å². The molecule has 1 fully saturated rings. The molecule has 1 saturated heterocycles. The minimum absolute atomic E-state index is 0. The van der Waals surface area contributed by atoms with Crippen molar-refractivity contribution in [1.29, 1.82) is 0 Å². The number of aromatic nitrogens is 4. The first-order valence-electron chi connectivity index (χ1n) is 7.24. The standard InChI is InChI=1S/C11H15N6O7P2S.Y/c12-9-6-10(14-2-13-9)17(3-15-6)11-8(24-26)7(23-25)5(22-11)1-21-27(19,20)16-4-18;/h2-3,5,7-8,11H,1,25-26H2,(H,16,18)(H2,12,13,14);/q-1;/t5-,7-,8-,11-;/m1./s1. The van der Waals surface area contributed by atoms with Gasteiger partial charge in [-0.1, -0.05) is 0 Å². The molecule has 0 aliphatic carbocycles. The van der Waals surface area contributed by atoms with Crippen molar-refractivity contribution in [3.63, 3.8) is 0 Å². The minimum atomic E-state index is -4.30. The van der Waals surface area contributed by atoms with E-state index in [1.54, 1.807) is 4.57 Å².